The van der Waals surface area contributed by atoms with Crippen molar-refractivity contribution >= 4 is 12.0 Å². The van der Waals surface area contributed by atoms with E-state index < -0.39 is 30.3 Å². The van der Waals surface area contributed by atoms with Crippen molar-refractivity contribution in [3.05, 3.63) is 59.7 Å². The molecule has 2 heterocycles. The van der Waals surface area contributed by atoms with Gasteiger partial charge in [0.25, 0.3) is 5.91 Å². The third-order valence-corrected chi connectivity index (χ3v) is 5.75. The fourth-order valence-electron chi connectivity index (χ4n) is 3.69. The lowest BCUT2D eigenvalue weighted by molar-refractivity contribution is -0.0515. The molecule has 0 spiro atoms. The van der Waals surface area contributed by atoms with Crippen LogP contribution in [0.5, 0.6) is 11.5 Å². The van der Waals surface area contributed by atoms with Gasteiger partial charge in [0, 0.05) is 11.8 Å². The van der Waals surface area contributed by atoms with E-state index in [0.717, 1.165) is 12.8 Å². The van der Waals surface area contributed by atoms with Gasteiger partial charge in [-0.1, -0.05) is 6.07 Å². The summed E-state index contributed by atoms with van der Waals surface area (Å²) in [6.07, 6.45) is 2.88. The summed E-state index contributed by atoms with van der Waals surface area (Å²) in [6, 6.07) is 8.66. The van der Waals surface area contributed by atoms with Gasteiger partial charge in [-0.15, -0.1) is 0 Å². The number of benzene rings is 1. The molecule has 12 heteroatoms. The molecule has 2 N–H and O–H groups in total. The summed E-state index contributed by atoms with van der Waals surface area (Å²) in [7, 11) is 0. The Labute approximate surface area is 230 Å². The van der Waals surface area contributed by atoms with Crippen LogP contribution in [0.4, 0.5) is 13.6 Å². The molecule has 4 rings (SSSR count). The lowest BCUT2D eigenvalue weighted by Crippen LogP contribution is -2.34. The number of aromatic nitrogens is 2. The number of ether oxygens (including phenoxy) is 3. The Hall–Kier alpha value is -4.22. The fourth-order valence-corrected chi connectivity index (χ4v) is 3.69. The number of pyridine rings is 1. The molecule has 10 nitrogen and oxygen atoms in total. The zero-order chi connectivity index (χ0) is 28.9. The van der Waals surface area contributed by atoms with E-state index in [1.807, 2.05) is 0 Å². The lowest BCUT2D eigenvalue weighted by atomic mass is 10.2. The average molecular weight is 559 g/mol. The van der Waals surface area contributed by atoms with Gasteiger partial charge in [-0.3, -0.25) is 9.78 Å². The molecule has 2 amide bonds. The van der Waals surface area contributed by atoms with Crippen molar-refractivity contribution in [3.8, 4) is 23.0 Å². The number of nitrogens with zero attached hydrogens (tertiary/aromatic N) is 2. The summed E-state index contributed by atoms with van der Waals surface area (Å²) in [5.74, 6) is 0.396. The Balaban J connectivity index is 1.61. The second-order valence-electron chi connectivity index (χ2n) is 10.4. The minimum atomic E-state index is -3.02. The highest BCUT2D eigenvalue weighted by atomic mass is 19.3. The van der Waals surface area contributed by atoms with Crippen molar-refractivity contribution < 1.29 is 37.0 Å². The number of nitrogens with one attached hydrogen (secondary N) is 2. The molecule has 0 aliphatic heterocycles. The third kappa shape index (κ3) is 8.14. The quantitative estimate of drug-likeness (QED) is 0.310. The van der Waals surface area contributed by atoms with Crippen LogP contribution in [-0.4, -0.2) is 40.8 Å². The van der Waals surface area contributed by atoms with Crippen LogP contribution in [0.3, 0.4) is 0 Å². The summed E-state index contributed by atoms with van der Waals surface area (Å²) in [5, 5.41) is 5.46. The molecule has 0 radical (unpaired) electrons. The molecule has 1 aromatic carbocycles. The van der Waals surface area contributed by atoms with Gasteiger partial charge >= 0.3 is 12.7 Å². The summed E-state index contributed by atoms with van der Waals surface area (Å²) >= 11 is 0. The predicted octanol–water partition coefficient (Wildman–Crippen LogP) is 5.64. The maximum atomic E-state index is 13.0. The maximum Gasteiger partial charge on any atom is 0.408 e. The molecule has 2 aromatic heterocycles. The van der Waals surface area contributed by atoms with Crippen LogP contribution in [0.25, 0.3) is 11.5 Å². The van der Waals surface area contributed by atoms with Gasteiger partial charge in [-0.05, 0) is 76.8 Å². The molecule has 0 bridgehead atoms. The number of carbonyl (C=O) groups excluding carboxylic acids is 2. The average Bonchev–Trinajstić information content (AvgIpc) is 3.62. The standard InChI is InChI=1S/C28H32F2N4O6/c1-16(33-27(36)40-28(2,3)4)23-20(14-32-24(35)19-7-5-6-12-31-19)34-25(39-23)18-10-11-21(38-26(29)30)22(13-18)37-15-17-8-9-17/h5-7,10-13,16-17,26H,8-9,14-15H2,1-4H3,(H,32,35)(H,33,36)/t16-/m0/s1. The number of hydrogen-bond donors (Lipinski definition) is 2. The van der Waals surface area contributed by atoms with Gasteiger partial charge in [0.1, 0.15) is 17.0 Å². The van der Waals surface area contributed by atoms with E-state index in [9.17, 15) is 18.4 Å². The Bertz CT molecular complexity index is 1320. The highest BCUT2D eigenvalue weighted by molar-refractivity contribution is 5.92. The smallest absolute Gasteiger partial charge is 0.408 e. The third-order valence-electron chi connectivity index (χ3n) is 5.75. The maximum absolute atomic E-state index is 13.0. The Morgan fingerprint density at radius 3 is 2.58 bits per heavy atom. The first-order chi connectivity index (χ1) is 19.0. The van der Waals surface area contributed by atoms with Gasteiger partial charge in [0.05, 0.1) is 19.2 Å². The minimum Gasteiger partial charge on any atom is -0.489 e. The number of halogens is 2. The normalized spacial score (nSPS) is 14.0. The van der Waals surface area contributed by atoms with Crippen molar-refractivity contribution in [2.24, 2.45) is 5.92 Å². The summed E-state index contributed by atoms with van der Waals surface area (Å²) in [4.78, 5) is 33.6. The molecule has 0 unspecified atom stereocenters. The predicted molar refractivity (Wildman–Crippen MR) is 140 cm³/mol. The zero-order valence-electron chi connectivity index (χ0n) is 22.7. The van der Waals surface area contributed by atoms with E-state index >= 15 is 0 Å². The van der Waals surface area contributed by atoms with E-state index in [1.165, 1.54) is 24.4 Å². The van der Waals surface area contributed by atoms with Gasteiger partial charge in [-0.2, -0.15) is 8.78 Å². The number of hydrogen-bond acceptors (Lipinski definition) is 8. The molecular weight excluding hydrogens is 526 g/mol. The van der Waals surface area contributed by atoms with Crippen molar-refractivity contribution in [1.29, 1.82) is 0 Å². The Morgan fingerprint density at radius 2 is 1.93 bits per heavy atom. The second-order valence-corrected chi connectivity index (χ2v) is 10.4. The van der Waals surface area contributed by atoms with Crippen LogP contribution in [0.1, 0.15) is 68.5 Å². The van der Waals surface area contributed by atoms with Gasteiger partial charge in [-0.25, -0.2) is 9.78 Å². The SMILES string of the molecule is C[C@H](NC(=O)OC(C)(C)C)c1oc(-c2ccc(OC(F)F)c(OCC3CC3)c2)nc1CNC(=O)c1ccccn1. The van der Waals surface area contributed by atoms with E-state index in [0.29, 0.717) is 23.8 Å². The van der Waals surface area contributed by atoms with E-state index in [2.05, 4.69) is 25.3 Å². The molecule has 3 aromatic rings. The van der Waals surface area contributed by atoms with Gasteiger partial charge in [0.2, 0.25) is 5.89 Å². The lowest BCUT2D eigenvalue weighted by Gasteiger charge is -2.21. The van der Waals surface area contributed by atoms with Crippen LogP contribution < -0.4 is 20.1 Å². The second kappa shape index (κ2) is 12.3. The number of amides is 2. The molecule has 214 valence electrons. The van der Waals surface area contributed by atoms with E-state index in [-0.39, 0.29) is 35.4 Å². The molecule has 1 saturated carbocycles. The molecule has 1 atom stereocenters. The molecule has 1 aliphatic rings. The summed E-state index contributed by atoms with van der Waals surface area (Å²) in [5.41, 5.74) is 0.283. The minimum absolute atomic E-state index is 0.0355. The topological polar surface area (TPSA) is 125 Å². The molecule has 1 aliphatic carbocycles. The first-order valence-electron chi connectivity index (χ1n) is 12.9. The monoisotopic (exact) mass is 558 g/mol. The van der Waals surface area contributed by atoms with Crippen molar-refractivity contribution in [2.75, 3.05) is 6.61 Å². The van der Waals surface area contributed by atoms with Gasteiger partial charge < -0.3 is 29.3 Å². The van der Waals surface area contributed by atoms with Crippen molar-refractivity contribution in [1.82, 2.24) is 20.6 Å². The summed E-state index contributed by atoms with van der Waals surface area (Å²) < 4.78 is 47.7. The van der Waals surface area contributed by atoms with Crippen LogP contribution in [0.2, 0.25) is 0 Å². The number of alkyl carbamates (subject to hydrolysis) is 1. The van der Waals surface area contributed by atoms with Crippen LogP contribution in [0, 0.1) is 5.92 Å². The Kier molecular flexibility index (Phi) is 8.86. The first-order valence-corrected chi connectivity index (χ1v) is 12.9. The van der Waals surface area contributed by atoms with Crippen molar-refractivity contribution in [2.45, 2.75) is 65.3 Å². The highest BCUT2D eigenvalue weighted by Crippen LogP contribution is 2.37. The zero-order valence-corrected chi connectivity index (χ0v) is 22.7. The molecule has 0 saturated heterocycles. The number of oxazole rings is 1. The highest BCUT2D eigenvalue weighted by Gasteiger charge is 2.26. The van der Waals surface area contributed by atoms with Crippen molar-refractivity contribution in [3.63, 3.8) is 0 Å². The van der Waals surface area contributed by atoms with Gasteiger partial charge in [0.15, 0.2) is 17.3 Å². The molecule has 40 heavy (non-hydrogen) atoms. The van der Waals surface area contributed by atoms with Crippen LogP contribution in [-0.2, 0) is 11.3 Å². The fraction of sp³-hybridized carbons (Fsp3) is 0.429. The number of rotatable bonds is 11. The van der Waals surface area contributed by atoms with Crippen LogP contribution in [0.15, 0.2) is 47.0 Å². The number of alkyl halides is 2. The van der Waals surface area contributed by atoms with Crippen LogP contribution >= 0.6 is 0 Å². The Morgan fingerprint density at radius 1 is 1.15 bits per heavy atom. The number of carbonyl (C=O) groups is 2. The van der Waals surface area contributed by atoms with E-state index in [1.54, 1.807) is 45.9 Å². The molecule has 1 fully saturated rings. The first kappa shape index (κ1) is 28.8. The molecular formula is C28H32F2N4O6. The largest absolute Gasteiger partial charge is 0.489 e. The van der Waals surface area contributed by atoms with E-state index in [4.69, 9.17) is 13.9 Å². The summed E-state index contributed by atoms with van der Waals surface area (Å²) in [6.45, 7) is 4.23.